The highest BCUT2D eigenvalue weighted by atomic mass is 35.5. The van der Waals surface area contributed by atoms with Crippen LogP contribution in [0.15, 0.2) is 36.4 Å². The number of rotatable bonds is 3. The molecular weight excluding hydrogens is 308 g/mol. The van der Waals surface area contributed by atoms with Crippen LogP contribution in [-0.4, -0.2) is 24.3 Å². The molecule has 5 nitrogen and oxygen atoms in total. The van der Waals surface area contributed by atoms with Crippen LogP contribution in [-0.2, 0) is 11.3 Å². The number of hydrogen-bond donors (Lipinski definition) is 1. The van der Waals surface area contributed by atoms with Crippen LogP contribution in [0.3, 0.4) is 0 Å². The highest BCUT2D eigenvalue weighted by molar-refractivity contribution is 6.32. The van der Waals surface area contributed by atoms with Crippen molar-refractivity contribution in [3.63, 3.8) is 0 Å². The monoisotopic (exact) mass is 320 g/mol. The lowest BCUT2D eigenvalue weighted by atomic mass is 10.2. The highest BCUT2D eigenvalue weighted by Crippen LogP contribution is 2.38. The van der Waals surface area contributed by atoms with Gasteiger partial charge in [-0.25, -0.2) is 4.79 Å². The molecule has 0 aromatic heterocycles. The maximum absolute atomic E-state index is 11.9. The Balaban J connectivity index is 1.70. The molecule has 22 heavy (non-hydrogen) atoms. The first kappa shape index (κ1) is 14.5. The molecule has 2 aromatic carbocycles. The molecule has 1 aliphatic heterocycles. The van der Waals surface area contributed by atoms with Crippen molar-refractivity contribution < 1.29 is 24.1 Å². The number of carbonyl (C=O) groups is 1. The molecule has 0 spiro atoms. The Hall–Kier alpha value is -2.40. The lowest BCUT2D eigenvalue weighted by molar-refractivity contribution is 0.0472. The number of phenolic OH excluding ortho intramolecular Hbond substituents is 1. The number of halogens is 1. The van der Waals surface area contributed by atoms with E-state index in [1.54, 1.807) is 12.1 Å². The summed E-state index contributed by atoms with van der Waals surface area (Å²) in [4.78, 5) is 11.9. The van der Waals surface area contributed by atoms with E-state index in [0.717, 1.165) is 0 Å². The first-order valence-electron chi connectivity index (χ1n) is 6.67. The maximum atomic E-state index is 11.9. The summed E-state index contributed by atoms with van der Waals surface area (Å²) in [7, 11) is 0. The first-order chi connectivity index (χ1) is 10.6. The van der Waals surface area contributed by atoms with E-state index in [2.05, 4.69) is 0 Å². The molecule has 0 atom stereocenters. The van der Waals surface area contributed by atoms with E-state index in [-0.39, 0.29) is 12.4 Å². The van der Waals surface area contributed by atoms with Crippen LogP contribution in [0.25, 0.3) is 0 Å². The van der Waals surface area contributed by atoms with Gasteiger partial charge in [-0.15, -0.1) is 0 Å². The van der Waals surface area contributed by atoms with Gasteiger partial charge in [0.1, 0.15) is 25.6 Å². The lowest BCUT2D eigenvalue weighted by Gasteiger charge is -2.20. The Morgan fingerprint density at radius 1 is 1.18 bits per heavy atom. The normalized spacial score (nSPS) is 12.8. The molecule has 0 amide bonds. The van der Waals surface area contributed by atoms with Crippen LogP contribution in [0, 0.1) is 0 Å². The van der Waals surface area contributed by atoms with Crippen LogP contribution in [0.4, 0.5) is 0 Å². The quantitative estimate of drug-likeness (QED) is 0.880. The van der Waals surface area contributed by atoms with Gasteiger partial charge >= 0.3 is 5.97 Å². The number of esters is 1. The minimum Gasteiger partial charge on any atom is -0.508 e. The number of ether oxygens (including phenoxy) is 3. The number of carbonyl (C=O) groups excluding carboxylic acids is 1. The van der Waals surface area contributed by atoms with Crippen molar-refractivity contribution in [2.45, 2.75) is 6.61 Å². The second-order valence-corrected chi connectivity index (χ2v) is 5.13. The maximum Gasteiger partial charge on any atom is 0.338 e. The zero-order valence-electron chi connectivity index (χ0n) is 11.5. The van der Waals surface area contributed by atoms with Crippen LogP contribution < -0.4 is 9.47 Å². The van der Waals surface area contributed by atoms with Gasteiger partial charge in [0.05, 0.1) is 10.6 Å². The van der Waals surface area contributed by atoms with Gasteiger partial charge in [-0.1, -0.05) is 11.6 Å². The van der Waals surface area contributed by atoms with E-state index >= 15 is 0 Å². The van der Waals surface area contributed by atoms with Crippen LogP contribution in [0.5, 0.6) is 17.2 Å². The fraction of sp³-hybridized carbons (Fsp3) is 0.188. The van der Waals surface area contributed by atoms with E-state index in [9.17, 15) is 9.90 Å². The molecule has 0 radical (unpaired) electrons. The van der Waals surface area contributed by atoms with Gasteiger partial charge in [-0.3, -0.25) is 0 Å². The summed E-state index contributed by atoms with van der Waals surface area (Å²) in [6, 6.07) is 9.27. The minimum atomic E-state index is -0.481. The summed E-state index contributed by atoms with van der Waals surface area (Å²) in [6.07, 6.45) is 0. The summed E-state index contributed by atoms with van der Waals surface area (Å²) in [5, 5.41) is 9.62. The topological polar surface area (TPSA) is 65.0 Å². The molecule has 0 aliphatic carbocycles. The average molecular weight is 321 g/mol. The van der Waals surface area contributed by atoms with Gasteiger partial charge in [0, 0.05) is 0 Å². The van der Waals surface area contributed by atoms with Crippen molar-refractivity contribution >= 4 is 17.6 Å². The van der Waals surface area contributed by atoms with E-state index in [1.165, 1.54) is 24.3 Å². The predicted octanol–water partition coefficient (Wildman–Crippen LogP) is 3.17. The van der Waals surface area contributed by atoms with E-state index in [0.29, 0.717) is 40.9 Å². The molecular formula is C16H13ClO5. The first-order valence-corrected chi connectivity index (χ1v) is 7.05. The van der Waals surface area contributed by atoms with Crippen molar-refractivity contribution in [2.24, 2.45) is 0 Å². The zero-order valence-corrected chi connectivity index (χ0v) is 12.3. The van der Waals surface area contributed by atoms with E-state index < -0.39 is 5.97 Å². The Kier molecular flexibility index (Phi) is 4.06. The minimum absolute atomic E-state index is 0.0655. The number of fused-ring (bicyclic) bond motifs is 1. The molecule has 3 rings (SSSR count). The molecule has 0 fully saturated rings. The SMILES string of the molecule is O=C(OCc1cc(Cl)c2c(c1)OCCO2)c1ccc(O)cc1. The summed E-state index contributed by atoms with van der Waals surface area (Å²) >= 11 is 6.12. The molecule has 0 saturated carbocycles. The van der Waals surface area contributed by atoms with Crippen molar-refractivity contribution in [2.75, 3.05) is 13.2 Å². The van der Waals surface area contributed by atoms with Crippen LogP contribution in [0.2, 0.25) is 5.02 Å². The molecule has 114 valence electrons. The van der Waals surface area contributed by atoms with Gasteiger partial charge in [-0.05, 0) is 42.0 Å². The Morgan fingerprint density at radius 3 is 2.68 bits per heavy atom. The van der Waals surface area contributed by atoms with Crippen LogP contribution in [0.1, 0.15) is 15.9 Å². The van der Waals surface area contributed by atoms with Crippen molar-refractivity contribution in [3.05, 3.63) is 52.5 Å². The summed E-state index contributed by atoms with van der Waals surface area (Å²) in [5.41, 5.74) is 1.07. The van der Waals surface area contributed by atoms with E-state index in [4.69, 9.17) is 25.8 Å². The lowest BCUT2D eigenvalue weighted by Crippen LogP contribution is -2.16. The van der Waals surface area contributed by atoms with Crippen LogP contribution >= 0.6 is 11.6 Å². The van der Waals surface area contributed by atoms with Gasteiger partial charge in [0.15, 0.2) is 11.5 Å². The molecule has 1 N–H and O–H groups in total. The molecule has 0 saturated heterocycles. The molecule has 0 bridgehead atoms. The van der Waals surface area contributed by atoms with Crippen molar-refractivity contribution in [1.82, 2.24) is 0 Å². The van der Waals surface area contributed by atoms with Crippen molar-refractivity contribution in [3.8, 4) is 17.2 Å². The Labute approximate surface area is 132 Å². The smallest absolute Gasteiger partial charge is 0.338 e. The van der Waals surface area contributed by atoms with Gasteiger partial charge in [0.25, 0.3) is 0 Å². The fourth-order valence-corrected chi connectivity index (χ4v) is 2.37. The van der Waals surface area contributed by atoms with Crippen molar-refractivity contribution in [1.29, 1.82) is 0 Å². The van der Waals surface area contributed by atoms with E-state index in [1.807, 2.05) is 0 Å². The van der Waals surface area contributed by atoms with Gasteiger partial charge in [-0.2, -0.15) is 0 Å². The average Bonchev–Trinajstić information content (AvgIpc) is 2.53. The number of hydrogen-bond acceptors (Lipinski definition) is 5. The largest absolute Gasteiger partial charge is 0.508 e. The molecule has 1 heterocycles. The standard InChI is InChI=1S/C16H13ClO5/c17-13-7-10(8-14-15(13)21-6-5-20-14)9-22-16(19)11-1-3-12(18)4-2-11/h1-4,7-8,18H,5-6,9H2. The third kappa shape index (κ3) is 3.09. The third-order valence-corrected chi connectivity index (χ3v) is 3.41. The Bertz CT molecular complexity index is 696. The van der Waals surface area contributed by atoms with Gasteiger partial charge < -0.3 is 19.3 Å². The third-order valence-electron chi connectivity index (χ3n) is 3.13. The molecule has 2 aromatic rings. The zero-order chi connectivity index (χ0) is 15.5. The number of phenols is 1. The summed E-state index contributed by atoms with van der Waals surface area (Å²) < 4.78 is 16.1. The molecule has 6 heteroatoms. The number of benzene rings is 2. The predicted molar refractivity (Wildman–Crippen MR) is 79.7 cm³/mol. The highest BCUT2D eigenvalue weighted by Gasteiger charge is 2.17. The Morgan fingerprint density at radius 2 is 1.91 bits per heavy atom. The summed E-state index contributed by atoms with van der Waals surface area (Å²) in [6.45, 7) is 0.984. The molecule has 0 unspecified atom stereocenters. The second kappa shape index (κ2) is 6.15. The summed E-state index contributed by atoms with van der Waals surface area (Å²) in [5.74, 6) is 0.678. The second-order valence-electron chi connectivity index (χ2n) is 4.72. The number of aromatic hydroxyl groups is 1. The van der Waals surface area contributed by atoms with Gasteiger partial charge in [0.2, 0.25) is 0 Å². The molecule has 1 aliphatic rings. The fourth-order valence-electron chi connectivity index (χ4n) is 2.08.